The van der Waals surface area contributed by atoms with Gasteiger partial charge in [0.25, 0.3) is 5.91 Å². The SMILES string of the molecule is Cc1cccc(-n2nc(C(=O)Nc3cccc(S(C)(=O)=O)c3)cc2-c2ccc3ncsc3c2)n1. The molecule has 0 spiro atoms. The summed E-state index contributed by atoms with van der Waals surface area (Å²) in [4.78, 5) is 22.1. The standard InChI is InChI=1S/C24H19N5O3S2/c1-15-5-3-8-23(26-15)29-21(16-9-10-19-22(11-16)33-14-25-19)13-20(28-29)24(30)27-17-6-4-7-18(12-17)34(2,31)32/h3-14H,1-2H3,(H,27,30). The first-order valence-electron chi connectivity index (χ1n) is 10.3. The van der Waals surface area contributed by atoms with Crippen LogP contribution < -0.4 is 5.32 Å². The second kappa shape index (κ2) is 8.47. The zero-order valence-corrected chi connectivity index (χ0v) is 19.9. The number of aromatic nitrogens is 4. The Hall–Kier alpha value is -3.89. The molecule has 0 saturated carbocycles. The Balaban J connectivity index is 1.57. The highest BCUT2D eigenvalue weighted by Crippen LogP contribution is 2.29. The van der Waals surface area contributed by atoms with Gasteiger partial charge in [-0.3, -0.25) is 4.79 Å². The number of benzene rings is 2. The summed E-state index contributed by atoms with van der Waals surface area (Å²) in [7, 11) is -3.40. The molecule has 5 aromatic rings. The highest BCUT2D eigenvalue weighted by Gasteiger charge is 2.19. The first-order valence-corrected chi connectivity index (χ1v) is 13.0. The highest BCUT2D eigenvalue weighted by molar-refractivity contribution is 7.90. The van der Waals surface area contributed by atoms with Crippen LogP contribution in [0.5, 0.6) is 0 Å². The molecule has 0 unspecified atom stereocenters. The Bertz CT molecular complexity index is 1650. The summed E-state index contributed by atoms with van der Waals surface area (Å²) >= 11 is 1.53. The van der Waals surface area contributed by atoms with Gasteiger partial charge in [-0.15, -0.1) is 11.3 Å². The smallest absolute Gasteiger partial charge is 0.276 e. The summed E-state index contributed by atoms with van der Waals surface area (Å²) in [5, 5.41) is 7.29. The van der Waals surface area contributed by atoms with Crippen molar-refractivity contribution in [1.29, 1.82) is 0 Å². The monoisotopic (exact) mass is 489 g/mol. The van der Waals surface area contributed by atoms with Gasteiger partial charge in [-0.2, -0.15) is 5.10 Å². The lowest BCUT2D eigenvalue weighted by atomic mass is 10.1. The molecular weight excluding hydrogens is 470 g/mol. The molecule has 0 fully saturated rings. The van der Waals surface area contributed by atoms with E-state index in [0.717, 1.165) is 27.7 Å². The maximum Gasteiger partial charge on any atom is 0.276 e. The van der Waals surface area contributed by atoms with Gasteiger partial charge >= 0.3 is 0 Å². The Morgan fingerprint density at radius 3 is 2.65 bits per heavy atom. The van der Waals surface area contributed by atoms with E-state index in [1.165, 1.54) is 23.5 Å². The van der Waals surface area contributed by atoms with E-state index >= 15 is 0 Å². The molecule has 0 radical (unpaired) electrons. The van der Waals surface area contributed by atoms with E-state index in [9.17, 15) is 13.2 Å². The fourth-order valence-corrected chi connectivity index (χ4v) is 4.92. The van der Waals surface area contributed by atoms with Crippen LogP contribution in [-0.4, -0.2) is 40.3 Å². The van der Waals surface area contributed by atoms with Crippen LogP contribution in [0.1, 0.15) is 16.2 Å². The number of carbonyl (C=O) groups is 1. The van der Waals surface area contributed by atoms with Gasteiger partial charge in [-0.05, 0) is 55.5 Å². The number of nitrogens with one attached hydrogen (secondary N) is 1. The van der Waals surface area contributed by atoms with Crippen LogP contribution >= 0.6 is 11.3 Å². The number of nitrogens with zero attached hydrogens (tertiary/aromatic N) is 4. The number of fused-ring (bicyclic) bond motifs is 1. The van der Waals surface area contributed by atoms with Crippen LogP contribution in [0.4, 0.5) is 5.69 Å². The summed E-state index contributed by atoms with van der Waals surface area (Å²) in [5.41, 5.74) is 5.61. The molecular formula is C24H19N5O3S2. The molecule has 8 nitrogen and oxygen atoms in total. The summed E-state index contributed by atoms with van der Waals surface area (Å²) in [6, 6.07) is 19.3. The predicted molar refractivity (Wildman–Crippen MR) is 132 cm³/mol. The molecule has 5 rings (SSSR count). The van der Waals surface area contributed by atoms with E-state index < -0.39 is 15.7 Å². The third kappa shape index (κ3) is 4.33. The fourth-order valence-electron chi connectivity index (χ4n) is 3.53. The average Bonchev–Trinajstić information content (AvgIpc) is 3.45. The van der Waals surface area contributed by atoms with Crippen molar-refractivity contribution in [3.63, 3.8) is 0 Å². The number of pyridine rings is 1. The third-order valence-electron chi connectivity index (χ3n) is 5.18. The van der Waals surface area contributed by atoms with Gasteiger partial charge in [0, 0.05) is 23.2 Å². The number of aryl methyl sites for hydroxylation is 1. The topological polar surface area (TPSA) is 107 Å². The van der Waals surface area contributed by atoms with Gasteiger partial charge in [0.1, 0.15) is 0 Å². The largest absolute Gasteiger partial charge is 0.321 e. The normalized spacial score (nSPS) is 11.6. The number of sulfone groups is 1. The lowest BCUT2D eigenvalue weighted by Gasteiger charge is -2.07. The molecule has 0 atom stereocenters. The van der Waals surface area contributed by atoms with Crippen molar-refractivity contribution in [2.24, 2.45) is 0 Å². The van der Waals surface area contributed by atoms with Crippen molar-refractivity contribution in [3.05, 3.63) is 83.6 Å². The maximum atomic E-state index is 13.1. The van der Waals surface area contributed by atoms with Crippen molar-refractivity contribution >= 4 is 43.0 Å². The number of thiazole rings is 1. The predicted octanol–water partition coefficient (Wildman–Crippen LogP) is 4.51. The Morgan fingerprint density at radius 2 is 1.85 bits per heavy atom. The van der Waals surface area contributed by atoms with E-state index in [2.05, 4.69) is 20.4 Å². The molecule has 1 N–H and O–H groups in total. The van der Waals surface area contributed by atoms with Gasteiger partial charge in [0.2, 0.25) is 0 Å². The molecule has 10 heteroatoms. The molecule has 1 amide bonds. The Kier molecular flexibility index (Phi) is 5.46. The average molecular weight is 490 g/mol. The first kappa shape index (κ1) is 21.9. The molecule has 0 bridgehead atoms. The number of anilines is 1. The third-order valence-corrected chi connectivity index (χ3v) is 7.08. The lowest BCUT2D eigenvalue weighted by molar-refractivity contribution is 0.102. The Labute approximate surface area is 199 Å². The van der Waals surface area contributed by atoms with Crippen molar-refractivity contribution in [1.82, 2.24) is 19.7 Å². The van der Waals surface area contributed by atoms with Crippen molar-refractivity contribution in [3.8, 4) is 17.1 Å². The fraction of sp³-hybridized carbons (Fsp3) is 0.0833. The highest BCUT2D eigenvalue weighted by atomic mass is 32.2. The summed E-state index contributed by atoms with van der Waals surface area (Å²) in [6.45, 7) is 1.89. The van der Waals surface area contributed by atoms with Crippen molar-refractivity contribution in [2.45, 2.75) is 11.8 Å². The second-order valence-corrected chi connectivity index (χ2v) is 10.7. The van der Waals surface area contributed by atoms with Crippen molar-refractivity contribution in [2.75, 3.05) is 11.6 Å². The second-order valence-electron chi connectivity index (χ2n) is 7.75. The zero-order chi connectivity index (χ0) is 23.9. The van der Waals surface area contributed by atoms with Gasteiger partial charge in [0.15, 0.2) is 21.3 Å². The lowest BCUT2D eigenvalue weighted by Crippen LogP contribution is -2.14. The molecule has 170 valence electrons. The van der Waals surface area contributed by atoms with E-state index in [1.807, 2.05) is 43.3 Å². The van der Waals surface area contributed by atoms with Gasteiger partial charge in [-0.25, -0.2) is 23.1 Å². The molecule has 3 heterocycles. The van der Waals surface area contributed by atoms with E-state index in [0.29, 0.717) is 17.2 Å². The molecule has 0 saturated heterocycles. The van der Waals surface area contributed by atoms with E-state index in [-0.39, 0.29) is 10.6 Å². The van der Waals surface area contributed by atoms with E-state index in [4.69, 9.17) is 0 Å². The van der Waals surface area contributed by atoms with Crippen LogP contribution in [0.3, 0.4) is 0 Å². The zero-order valence-electron chi connectivity index (χ0n) is 18.3. The minimum Gasteiger partial charge on any atom is -0.321 e. The minimum absolute atomic E-state index is 0.123. The molecule has 34 heavy (non-hydrogen) atoms. The molecule has 0 aliphatic rings. The van der Waals surface area contributed by atoms with Crippen LogP contribution in [0.2, 0.25) is 0 Å². The molecule has 0 aliphatic heterocycles. The van der Waals surface area contributed by atoms with Gasteiger partial charge in [-0.1, -0.05) is 18.2 Å². The number of rotatable bonds is 5. The van der Waals surface area contributed by atoms with E-state index in [1.54, 1.807) is 28.4 Å². The van der Waals surface area contributed by atoms with Crippen LogP contribution in [-0.2, 0) is 9.84 Å². The number of hydrogen-bond acceptors (Lipinski definition) is 7. The van der Waals surface area contributed by atoms with Gasteiger partial charge < -0.3 is 5.32 Å². The van der Waals surface area contributed by atoms with Crippen LogP contribution in [0.15, 0.2) is 77.1 Å². The summed E-state index contributed by atoms with van der Waals surface area (Å²) in [5.74, 6) is 0.120. The number of hydrogen-bond donors (Lipinski definition) is 1. The molecule has 0 aliphatic carbocycles. The van der Waals surface area contributed by atoms with Crippen LogP contribution in [0.25, 0.3) is 27.3 Å². The summed E-state index contributed by atoms with van der Waals surface area (Å²) in [6.07, 6.45) is 1.12. The molecule has 2 aromatic carbocycles. The number of carbonyl (C=O) groups excluding carboxylic acids is 1. The molecule has 3 aromatic heterocycles. The van der Waals surface area contributed by atoms with Crippen molar-refractivity contribution < 1.29 is 13.2 Å². The van der Waals surface area contributed by atoms with Gasteiger partial charge in [0.05, 0.1) is 26.3 Å². The minimum atomic E-state index is -3.40. The number of amides is 1. The van der Waals surface area contributed by atoms with Crippen LogP contribution in [0, 0.1) is 6.92 Å². The Morgan fingerprint density at radius 1 is 1.03 bits per heavy atom. The first-order chi connectivity index (χ1) is 16.3. The quantitative estimate of drug-likeness (QED) is 0.389. The summed E-state index contributed by atoms with van der Waals surface area (Å²) < 4.78 is 26.4. The maximum absolute atomic E-state index is 13.1.